The quantitative estimate of drug-likeness (QED) is 0.557. The Hall–Kier alpha value is -0.480. The van der Waals surface area contributed by atoms with Crippen LogP contribution in [0.25, 0.3) is 0 Å². The Kier molecular flexibility index (Phi) is 7.75. The molecule has 0 saturated heterocycles. The third-order valence-corrected chi connectivity index (χ3v) is 3.25. The Morgan fingerprint density at radius 2 is 1.68 bits per heavy atom. The van der Waals surface area contributed by atoms with Crippen LogP contribution in [-0.2, 0) is 4.79 Å². The molecule has 0 aliphatic heterocycles. The molecule has 4 heteroatoms. The molecule has 19 heavy (non-hydrogen) atoms. The summed E-state index contributed by atoms with van der Waals surface area (Å²) in [4.78, 5) is 12.9. The van der Waals surface area contributed by atoms with Gasteiger partial charge in [0, 0.05) is 11.5 Å². The van der Waals surface area contributed by atoms with Crippen molar-refractivity contribution in [1.29, 1.82) is 0 Å². The van der Waals surface area contributed by atoms with E-state index >= 15 is 0 Å². The maximum Gasteiger partial charge on any atom is 0.145 e. The van der Waals surface area contributed by atoms with Gasteiger partial charge >= 0.3 is 0 Å². The number of Topliss-reactive ketones (excluding diaryl/α,β-unsaturated/α-hetero) is 1. The van der Waals surface area contributed by atoms with Crippen molar-refractivity contribution in [2.45, 2.75) is 60.4 Å². The summed E-state index contributed by atoms with van der Waals surface area (Å²) >= 11 is 5.41. The molecule has 112 valence electrons. The van der Waals surface area contributed by atoms with E-state index in [-0.39, 0.29) is 23.2 Å². The van der Waals surface area contributed by atoms with Crippen LogP contribution in [0, 0.1) is 17.8 Å². The van der Waals surface area contributed by atoms with Crippen LogP contribution < -0.4 is 10.6 Å². The van der Waals surface area contributed by atoms with Crippen LogP contribution in [0.2, 0.25) is 0 Å². The number of ketones is 1. The lowest BCUT2D eigenvalue weighted by Gasteiger charge is -2.25. The van der Waals surface area contributed by atoms with Gasteiger partial charge in [-0.2, -0.15) is 0 Å². The highest BCUT2D eigenvalue weighted by Crippen LogP contribution is 2.18. The average Bonchev–Trinajstić information content (AvgIpc) is 2.22. The molecule has 1 atom stereocenters. The molecule has 3 nitrogen and oxygen atoms in total. The van der Waals surface area contributed by atoms with E-state index in [2.05, 4.69) is 45.3 Å². The third-order valence-electron chi connectivity index (χ3n) is 2.82. The highest BCUT2D eigenvalue weighted by atomic mass is 32.1. The number of hydrogen-bond donors (Lipinski definition) is 2. The minimum atomic E-state index is -0.156. The van der Waals surface area contributed by atoms with Gasteiger partial charge in [0.15, 0.2) is 0 Å². The molecule has 0 aromatic carbocycles. The van der Waals surface area contributed by atoms with E-state index in [1.165, 1.54) is 0 Å². The normalized spacial score (nSPS) is 13.7. The van der Waals surface area contributed by atoms with Crippen molar-refractivity contribution >= 4 is 23.0 Å². The predicted molar refractivity (Wildman–Crippen MR) is 86.3 cm³/mol. The van der Waals surface area contributed by atoms with Crippen LogP contribution >= 0.6 is 12.2 Å². The van der Waals surface area contributed by atoms with Crippen molar-refractivity contribution in [1.82, 2.24) is 10.6 Å². The SMILES string of the molecule is CC(C)C[C@@H](C(=O)C(C)C)C(=S)NCNC(C)(C)C. The summed E-state index contributed by atoms with van der Waals surface area (Å²) in [7, 11) is 0. The van der Waals surface area contributed by atoms with E-state index in [9.17, 15) is 4.79 Å². The molecule has 0 aromatic rings. The van der Waals surface area contributed by atoms with Gasteiger partial charge in [0.1, 0.15) is 5.78 Å². The lowest BCUT2D eigenvalue weighted by atomic mass is 9.88. The minimum Gasteiger partial charge on any atom is -0.366 e. The Bertz CT molecular complexity index is 306. The fraction of sp³-hybridized carbons (Fsp3) is 0.867. The molecule has 0 heterocycles. The Labute approximate surface area is 123 Å². The fourth-order valence-electron chi connectivity index (χ4n) is 1.75. The first-order chi connectivity index (χ1) is 8.54. The number of nitrogens with one attached hydrogen (secondary N) is 2. The van der Waals surface area contributed by atoms with Crippen LogP contribution in [0.4, 0.5) is 0 Å². The molecule has 0 fully saturated rings. The van der Waals surface area contributed by atoms with Crippen molar-refractivity contribution in [2.24, 2.45) is 17.8 Å². The first kappa shape index (κ1) is 18.5. The summed E-state index contributed by atoms with van der Waals surface area (Å²) in [5.41, 5.74) is 0.0399. The highest BCUT2D eigenvalue weighted by molar-refractivity contribution is 7.80. The van der Waals surface area contributed by atoms with E-state index in [0.29, 0.717) is 17.6 Å². The number of hydrogen-bond acceptors (Lipinski definition) is 3. The second kappa shape index (κ2) is 7.95. The molecule has 0 radical (unpaired) electrons. The zero-order chi connectivity index (χ0) is 15.2. The molecule has 0 aliphatic rings. The first-order valence-electron chi connectivity index (χ1n) is 7.11. The van der Waals surface area contributed by atoms with Gasteiger partial charge in [0.05, 0.1) is 17.6 Å². The van der Waals surface area contributed by atoms with Gasteiger partial charge in [-0.05, 0) is 33.1 Å². The van der Waals surface area contributed by atoms with E-state index in [1.807, 2.05) is 13.8 Å². The Morgan fingerprint density at radius 3 is 2.05 bits per heavy atom. The topological polar surface area (TPSA) is 41.1 Å². The van der Waals surface area contributed by atoms with Crippen molar-refractivity contribution in [3.8, 4) is 0 Å². The molecule has 0 saturated carbocycles. The summed E-state index contributed by atoms with van der Waals surface area (Å²) in [6.45, 7) is 15.0. The smallest absolute Gasteiger partial charge is 0.145 e. The Balaban J connectivity index is 4.51. The summed E-state index contributed by atoms with van der Waals surface area (Å²) in [6, 6.07) is 0. The lowest BCUT2D eigenvalue weighted by Crippen LogP contribution is -2.46. The van der Waals surface area contributed by atoms with E-state index in [0.717, 1.165) is 6.42 Å². The summed E-state index contributed by atoms with van der Waals surface area (Å²) in [6.07, 6.45) is 0.818. The first-order valence-corrected chi connectivity index (χ1v) is 7.52. The summed E-state index contributed by atoms with van der Waals surface area (Å²) < 4.78 is 0. The average molecular weight is 286 g/mol. The van der Waals surface area contributed by atoms with E-state index in [1.54, 1.807) is 0 Å². The largest absolute Gasteiger partial charge is 0.366 e. The zero-order valence-corrected chi connectivity index (χ0v) is 14.3. The molecule has 2 N–H and O–H groups in total. The van der Waals surface area contributed by atoms with Crippen LogP contribution in [0.1, 0.15) is 54.9 Å². The van der Waals surface area contributed by atoms with Gasteiger partial charge in [0.25, 0.3) is 0 Å². The van der Waals surface area contributed by atoms with Crippen LogP contribution in [0.3, 0.4) is 0 Å². The third kappa shape index (κ3) is 8.32. The summed E-state index contributed by atoms with van der Waals surface area (Å²) in [5.74, 6) is 0.570. The van der Waals surface area contributed by atoms with Gasteiger partial charge in [0.2, 0.25) is 0 Å². The van der Waals surface area contributed by atoms with Crippen LogP contribution in [-0.4, -0.2) is 23.0 Å². The highest BCUT2D eigenvalue weighted by Gasteiger charge is 2.26. The molecular formula is C15H30N2OS. The molecule has 0 aromatic heterocycles. The fourth-order valence-corrected chi connectivity index (χ4v) is 2.03. The number of thiocarbonyl (C=S) groups is 1. The van der Waals surface area contributed by atoms with Gasteiger partial charge in [-0.15, -0.1) is 0 Å². The number of rotatable bonds is 7. The molecular weight excluding hydrogens is 256 g/mol. The maximum absolute atomic E-state index is 12.2. The molecule has 0 amide bonds. The standard InChI is InChI=1S/C15H30N2OS/c1-10(2)8-12(13(18)11(3)4)14(19)16-9-17-15(5,6)7/h10-12,17H,8-9H2,1-7H3,(H,16,19)/t12-/m0/s1. The van der Waals surface area contributed by atoms with Crippen LogP contribution in [0.5, 0.6) is 0 Å². The maximum atomic E-state index is 12.2. The van der Waals surface area contributed by atoms with Gasteiger partial charge in [-0.1, -0.05) is 39.9 Å². The van der Waals surface area contributed by atoms with Crippen LogP contribution in [0.15, 0.2) is 0 Å². The van der Waals surface area contributed by atoms with Gasteiger partial charge in [-0.25, -0.2) is 0 Å². The molecule has 0 spiro atoms. The predicted octanol–water partition coefficient (Wildman–Crippen LogP) is 3.14. The second-order valence-electron chi connectivity index (χ2n) is 6.88. The molecule has 0 rings (SSSR count). The van der Waals surface area contributed by atoms with Crippen molar-refractivity contribution in [3.05, 3.63) is 0 Å². The molecule has 0 unspecified atom stereocenters. The summed E-state index contributed by atoms with van der Waals surface area (Å²) in [5, 5.41) is 6.50. The number of carbonyl (C=O) groups is 1. The number of carbonyl (C=O) groups excluding carboxylic acids is 1. The monoisotopic (exact) mass is 286 g/mol. The van der Waals surface area contributed by atoms with E-state index < -0.39 is 0 Å². The van der Waals surface area contributed by atoms with Crippen molar-refractivity contribution in [2.75, 3.05) is 6.67 Å². The zero-order valence-electron chi connectivity index (χ0n) is 13.5. The molecule has 0 aliphatic carbocycles. The van der Waals surface area contributed by atoms with Gasteiger partial charge in [-0.3, -0.25) is 10.1 Å². The lowest BCUT2D eigenvalue weighted by molar-refractivity contribution is -0.124. The molecule has 0 bridgehead atoms. The minimum absolute atomic E-state index is 0.0269. The van der Waals surface area contributed by atoms with Gasteiger partial charge < -0.3 is 5.32 Å². The van der Waals surface area contributed by atoms with E-state index in [4.69, 9.17) is 12.2 Å². The second-order valence-corrected chi connectivity index (χ2v) is 7.32. The van der Waals surface area contributed by atoms with Crippen molar-refractivity contribution in [3.63, 3.8) is 0 Å². The van der Waals surface area contributed by atoms with Crippen molar-refractivity contribution < 1.29 is 4.79 Å². The Morgan fingerprint density at radius 1 is 1.16 bits per heavy atom.